The molecule has 1 aromatic carbocycles. The molecule has 1 aliphatic rings. The minimum Gasteiger partial charge on any atom is -0.469 e. The van der Waals surface area contributed by atoms with Crippen molar-refractivity contribution in [2.75, 3.05) is 12.4 Å². The second-order valence-corrected chi connectivity index (χ2v) is 6.13. The SMILES string of the molecule is COC(=O)[C@H]1CC[C@H](Nc2ncc(C#Cc3ccccc3)cn2)CC1. The highest BCUT2D eigenvalue weighted by Gasteiger charge is 2.27. The third kappa shape index (κ3) is 4.80. The number of rotatable bonds is 3. The van der Waals surface area contributed by atoms with Crippen molar-refractivity contribution in [3.63, 3.8) is 0 Å². The fourth-order valence-electron chi connectivity index (χ4n) is 2.96. The van der Waals surface area contributed by atoms with Crippen molar-refractivity contribution in [3.05, 3.63) is 53.9 Å². The number of benzene rings is 1. The van der Waals surface area contributed by atoms with Crippen LogP contribution >= 0.6 is 0 Å². The lowest BCUT2D eigenvalue weighted by molar-refractivity contribution is -0.146. The average molecular weight is 335 g/mol. The molecule has 1 N–H and O–H groups in total. The fraction of sp³-hybridized carbons (Fsp3) is 0.350. The number of nitrogens with zero attached hydrogens (tertiary/aromatic N) is 2. The number of anilines is 1. The van der Waals surface area contributed by atoms with Gasteiger partial charge in [0.2, 0.25) is 5.95 Å². The summed E-state index contributed by atoms with van der Waals surface area (Å²) in [5.74, 6) is 6.68. The van der Waals surface area contributed by atoms with E-state index in [9.17, 15) is 4.79 Å². The molecule has 1 saturated carbocycles. The van der Waals surface area contributed by atoms with Gasteiger partial charge in [-0.1, -0.05) is 30.0 Å². The van der Waals surface area contributed by atoms with E-state index in [1.165, 1.54) is 7.11 Å². The number of carbonyl (C=O) groups excluding carboxylic acids is 1. The lowest BCUT2D eigenvalue weighted by Gasteiger charge is -2.27. The van der Waals surface area contributed by atoms with Gasteiger partial charge in [-0.15, -0.1) is 0 Å². The van der Waals surface area contributed by atoms with Gasteiger partial charge in [-0.25, -0.2) is 9.97 Å². The van der Waals surface area contributed by atoms with E-state index in [1.807, 2.05) is 30.3 Å². The summed E-state index contributed by atoms with van der Waals surface area (Å²) in [5.41, 5.74) is 1.75. The predicted molar refractivity (Wildman–Crippen MR) is 95.8 cm³/mol. The molecule has 1 aromatic heterocycles. The van der Waals surface area contributed by atoms with Crippen molar-refractivity contribution >= 4 is 11.9 Å². The molecular weight excluding hydrogens is 314 g/mol. The minimum absolute atomic E-state index is 0.0274. The van der Waals surface area contributed by atoms with Gasteiger partial charge in [0.25, 0.3) is 0 Å². The Hall–Kier alpha value is -2.87. The van der Waals surface area contributed by atoms with Gasteiger partial charge in [0.05, 0.1) is 18.6 Å². The molecule has 0 unspecified atom stereocenters. The van der Waals surface area contributed by atoms with Crippen LogP contribution in [0.25, 0.3) is 0 Å². The van der Waals surface area contributed by atoms with E-state index >= 15 is 0 Å². The number of ether oxygens (including phenoxy) is 1. The van der Waals surface area contributed by atoms with Crippen molar-refractivity contribution < 1.29 is 9.53 Å². The first-order valence-corrected chi connectivity index (χ1v) is 8.48. The predicted octanol–water partition coefficient (Wildman–Crippen LogP) is 3.02. The van der Waals surface area contributed by atoms with Gasteiger partial charge in [0.1, 0.15) is 0 Å². The summed E-state index contributed by atoms with van der Waals surface area (Å²) in [6.07, 6.45) is 6.96. The molecule has 1 aliphatic carbocycles. The third-order valence-electron chi connectivity index (χ3n) is 4.37. The summed E-state index contributed by atoms with van der Waals surface area (Å²) < 4.78 is 4.81. The molecule has 0 atom stereocenters. The van der Waals surface area contributed by atoms with Crippen LogP contribution in [-0.4, -0.2) is 29.1 Å². The molecule has 2 aromatic rings. The van der Waals surface area contributed by atoms with Crippen LogP contribution in [0.15, 0.2) is 42.7 Å². The molecule has 0 bridgehead atoms. The summed E-state index contributed by atoms with van der Waals surface area (Å²) >= 11 is 0. The summed E-state index contributed by atoms with van der Waals surface area (Å²) in [7, 11) is 1.45. The molecular formula is C20H21N3O2. The number of methoxy groups -OCH3 is 1. The van der Waals surface area contributed by atoms with E-state index in [0.717, 1.165) is 36.8 Å². The second kappa shape index (κ2) is 8.29. The van der Waals surface area contributed by atoms with Crippen LogP contribution in [0.3, 0.4) is 0 Å². The van der Waals surface area contributed by atoms with Crippen molar-refractivity contribution in [2.45, 2.75) is 31.7 Å². The van der Waals surface area contributed by atoms with Crippen LogP contribution in [0.4, 0.5) is 5.95 Å². The van der Waals surface area contributed by atoms with E-state index in [4.69, 9.17) is 4.74 Å². The minimum atomic E-state index is -0.101. The largest absolute Gasteiger partial charge is 0.469 e. The van der Waals surface area contributed by atoms with Crippen molar-refractivity contribution in [1.82, 2.24) is 9.97 Å². The molecule has 1 heterocycles. The topological polar surface area (TPSA) is 64.1 Å². The number of esters is 1. The normalized spacial score (nSPS) is 19.4. The van der Waals surface area contributed by atoms with Gasteiger partial charge in [0.15, 0.2) is 0 Å². The lowest BCUT2D eigenvalue weighted by atomic mass is 9.86. The van der Waals surface area contributed by atoms with Gasteiger partial charge in [-0.3, -0.25) is 4.79 Å². The van der Waals surface area contributed by atoms with Gasteiger partial charge in [-0.05, 0) is 37.8 Å². The van der Waals surface area contributed by atoms with Gasteiger partial charge < -0.3 is 10.1 Å². The van der Waals surface area contributed by atoms with E-state index in [1.54, 1.807) is 12.4 Å². The number of hydrogen-bond acceptors (Lipinski definition) is 5. The maximum atomic E-state index is 11.6. The first kappa shape index (κ1) is 17.0. The van der Waals surface area contributed by atoms with Gasteiger partial charge in [0, 0.05) is 24.0 Å². The number of hydrogen-bond donors (Lipinski definition) is 1. The lowest BCUT2D eigenvalue weighted by Crippen LogP contribution is -2.30. The maximum absolute atomic E-state index is 11.6. The van der Waals surface area contributed by atoms with E-state index in [2.05, 4.69) is 27.1 Å². The fourth-order valence-corrected chi connectivity index (χ4v) is 2.96. The zero-order valence-electron chi connectivity index (χ0n) is 14.2. The summed E-state index contributed by atoms with van der Waals surface area (Å²) in [6.45, 7) is 0. The molecule has 0 aliphatic heterocycles. The molecule has 1 fully saturated rings. The first-order valence-electron chi connectivity index (χ1n) is 8.48. The standard InChI is InChI=1S/C20H21N3O2/c1-25-19(24)17-9-11-18(12-10-17)23-20-21-13-16(14-22-20)8-7-15-5-3-2-4-6-15/h2-6,13-14,17-18H,9-12H2,1H3,(H,21,22,23)/t17-,18-. The Morgan fingerprint density at radius 2 is 1.68 bits per heavy atom. The van der Waals surface area contributed by atoms with E-state index in [-0.39, 0.29) is 11.9 Å². The van der Waals surface area contributed by atoms with Gasteiger partial charge >= 0.3 is 5.97 Å². The summed E-state index contributed by atoms with van der Waals surface area (Å²) in [6, 6.07) is 10.1. The Morgan fingerprint density at radius 1 is 1.04 bits per heavy atom. The molecule has 0 spiro atoms. The number of carbonyl (C=O) groups is 1. The molecule has 0 saturated heterocycles. The molecule has 3 rings (SSSR count). The molecule has 5 heteroatoms. The molecule has 128 valence electrons. The zero-order chi connectivity index (χ0) is 17.5. The Kier molecular flexibility index (Phi) is 5.63. The molecule has 5 nitrogen and oxygen atoms in total. The molecule has 0 radical (unpaired) electrons. The Bertz CT molecular complexity index is 755. The highest BCUT2D eigenvalue weighted by atomic mass is 16.5. The van der Waals surface area contributed by atoms with Crippen LogP contribution in [0, 0.1) is 17.8 Å². The Morgan fingerprint density at radius 3 is 2.32 bits per heavy atom. The smallest absolute Gasteiger partial charge is 0.308 e. The first-order chi connectivity index (χ1) is 12.2. The monoisotopic (exact) mass is 335 g/mol. The number of aromatic nitrogens is 2. The van der Waals surface area contributed by atoms with Crippen LogP contribution < -0.4 is 5.32 Å². The summed E-state index contributed by atoms with van der Waals surface area (Å²) in [4.78, 5) is 20.2. The molecule has 25 heavy (non-hydrogen) atoms. The maximum Gasteiger partial charge on any atom is 0.308 e. The van der Waals surface area contributed by atoms with Crippen LogP contribution in [-0.2, 0) is 9.53 Å². The second-order valence-electron chi connectivity index (χ2n) is 6.13. The molecule has 0 amide bonds. The Labute approximate surface area is 147 Å². The van der Waals surface area contributed by atoms with Crippen molar-refractivity contribution in [3.8, 4) is 11.8 Å². The third-order valence-corrected chi connectivity index (χ3v) is 4.37. The van der Waals surface area contributed by atoms with Gasteiger partial charge in [-0.2, -0.15) is 0 Å². The highest BCUT2D eigenvalue weighted by Crippen LogP contribution is 2.26. The van der Waals surface area contributed by atoms with Crippen molar-refractivity contribution in [1.29, 1.82) is 0 Å². The summed E-state index contributed by atoms with van der Waals surface area (Å²) in [5, 5.41) is 3.34. The quantitative estimate of drug-likeness (QED) is 0.690. The zero-order valence-corrected chi connectivity index (χ0v) is 14.2. The number of nitrogens with one attached hydrogen (secondary N) is 1. The van der Waals surface area contributed by atoms with E-state index in [0.29, 0.717) is 12.0 Å². The van der Waals surface area contributed by atoms with Crippen LogP contribution in [0.2, 0.25) is 0 Å². The highest BCUT2D eigenvalue weighted by molar-refractivity contribution is 5.72. The Balaban J connectivity index is 1.53. The van der Waals surface area contributed by atoms with E-state index < -0.39 is 0 Å². The van der Waals surface area contributed by atoms with Crippen LogP contribution in [0.5, 0.6) is 0 Å². The van der Waals surface area contributed by atoms with Crippen LogP contribution in [0.1, 0.15) is 36.8 Å². The average Bonchev–Trinajstić information content (AvgIpc) is 2.68. The van der Waals surface area contributed by atoms with Crippen molar-refractivity contribution in [2.24, 2.45) is 5.92 Å².